The normalized spacial score (nSPS) is 10.6. The van der Waals surface area contributed by atoms with Crippen LogP contribution in [0.3, 0.4) is 0 Å². The number of nitrogens with zero attached hydrogens (tertiary/aromatic N) is 1. The molecule has 0 spiro atoms. The second-order valence-corrected chi connectivity index (χ2v) is 5.63. The number of ether oxygens (including phenoxy) is 1. The van der Waals surface area contributed by atoms with Crippen LogP contribution in [-0.2, 0) is 6.54 Å². The van der Waals surface area contributed by atoms with Gasteiger partial charge in [-0.2, -0.15) is 0 Å². The standard InChI is InChI=1S/C17H19ClN2O2/c1-12(2)22-14-9-7-13(8-10-14)11-20(19)17(21)15-5-3-4-6-16(15)18/h3-10,12H,11,19H2,1-2H3. The van der Waals surface area contributed by atoms with Crippen LogP contribution in [0.15, 0.2) is 48.5 Å². The highest BCUT2D eigenvalue weighted by atomic mass is 35.5. The summed E-state index contributed by atoms with van der Waals surface area (Å²) in [5.74, 6) is 6.34. The third-order valence-corrected chi connectivity index (χ3v) is 3.34. The van der Waals surface area contributed by atoms with E-state index >= 15 is 0 Å². The minimum absolute atomic E-state index is 0.124. The largest absolute Gasteiger partial charge is 0.491 e. The smallest absolute Gasteiger partial charge is 0.269 e. The molecule has 0 heterocycles. The van der Waals surface area contributed by atoms with Crippen molar-refractivity contribution >= 4 is 17.5 Å². The molecule has 2 N–H and O–H groups in total. The topological polar surface area (TPSA) is 55.6 Å². The van der Waals surface area contributed by atoms with Crippen molar-refractivity contribution in [1.82, 2.24) is 5.01 Å². The van der Waals surface area contributed by atoms with Gasteiger partial charge < -0.3 is 4.74 Å². The molecule has 4 nitrogen and oxygen atoms in total. The predicted octanol–water partition coefficient (Wildman–Crippen LogP) is 3.64. The molecule has 2 aromatic rings. The van der Waals surface area contributed by atoms with E-state index in [1.165, 1.54) is 0 Å². The number of carbonyl (C=O) groups excluding carboxylic acids is 1. The minimum Gasteiger partial charge on any atom is -0.491 e. The summed E-state index contributed by atoms with van der Waals surface area (Å²) in [5.41, 5.74) is 1.31. The third-order valence-electron chi connectivity index (χ3n) is 3.01. The maximum Gasteiger partial charge on any atom is 0.269 e. The Kier molecular flexibility index (Phi) is 5.41. The Morgan fingerprint density at radius 3 is 2.41 bits per heavy atom. The number of hydrazine groups is 1. The van der Waals surface area contributed by atoms with E-state index in [2.05, 4.69) is 0 Å². The van der Waals surface area contributed by atoms with Gasteiger partial charge in [-0.05, 0) is 43.7 Å². The van der Waals surface area contributed by atoms with E-state index in [4.69, 9.17) is 22.2 Å². The lowest BCUT2D eigenvalue weighted by atomic mass is 10.1. The van der Waals surface area contributed by atoms with Gasteiger partial charge in [0.15, 0.2) is 0 Å². The summed E-state index contributed by atoms with van der Waals surface area (Å²) in [6, 6.07) is 14.4. The Morgan fingerprint density at radius 1 is 1.18 bits per heavy atom. The van der Waals surface area contributed by atoms with Crippen LogP contribution in [0.4, 0.5) is 0 Å². The molecule has 0 atom stereocenters. The molecule has 2 aromatic carbocycles. The van der Waals surface area contributed by atoms with Gasteiger partial charge in [0, 0.05) is 0 Å². The Balaban J connectivity index is 2.04. The number of carbonyl (C=O) groups is 1. The first kappa shape index (κ1) is 16.3. The molecule has 116 valence electrons. The van der Waals surface area contributed by atoms with Crippen molar-refractivity contribution in [1.29, 1.82) is 0 Å². The highest BCUT2D eigenvalue weighted by Gasteiger charge is 2.15. The van der Waals surface area contributed by atoms with Crippen LogP contribution in [0.25, 0.3) is 0 Å². The molecule has 22 heavy (non-hydrogen) atoms. The summed E-state index contributed by atoms with van der Waals surface area (Å²) in [5, 5.41) is 1.54. The molecule has 1 amide bonds. The molecule has 0 bridgehead atoms. The number of rotatable bonds is 5. The van der Waals surface area contributed by atoms with Crippen molar-refractivity contribution in [2.45, 2.75) is 26.5 Å². The lowest BCUT2D eigenvalue weighted by Crippen LogP contribution is -2.36. The average molecular weight is 319 g/mol. The number of amides is 1. The summed E-state index contributed by atoms with van der Waals surface area (Å²) in [4.78, 5) is 12.3. The van der Waals surface area contributed by atoms with Crippen LogP contribution in [-0.4, -0.2) is 17.0 Å². The highest BCUT2D eigenvalue weighted by Crippen LogP contribution is 2.18. The molecule has 0 saturated heterocycles. The van der Waals surface area contributed by atoms with Gasteiger partial charge in [0.1, 0.15) is 5.75 Å². The first-order valence-corrected chi connectivity index (χ1v) is 7.42. The molecule has 0 radical (unpaired) electrons. The maximum atomic E-state index is 12.3. The first-order valence-electron chi connectivity index (χ1n) is 7.04. The second-order valence-electron chi connectivity index (χ2n) is 5.22. The van der Waals surface area contributed by atoms with Crippen LogP contribution in [0, 0.1) is 0 Å². The van der Waals surface area contributed by atoms with E-state index < -0.39 is 0 Å². The van der Waals surface area contributed by atoms with Crippen LogP contribution in [0.5, 0.6) is 5.75 Å². The second kappa shape index (κ2) is 7.29. The summed E-state index contributed by atoms with van der Waals surface area (Å²) < 4.78 is 5.58. The predicted molar refractivity (Wildman–Crippen MR) is 87.7 cm³/mol. The Labute approximate surface area is 135 Å². The Bertz CT molecular complexity index is 641. The van der Waals surface area contributed by atoms with Crippen molar-refractivity contribution in [3.8, 4) is 5.75 Å². The number of benzene rings is 2. The van der Waals surface area contributed by atoms with Gasteiger partial charge >= 0.3 is 0 Å². The lowest BCUT2D eigenvalue weighted by Gasteiger charge is -2.18. The zero-order chi connectivity index (χ0) is 16.1. The van der Waals surface area contributed by atoms with Crippen LogP contribution < -0.4 is 10.6 Å². The van der Waals surface area contributed by atoms with Crippen LogP contribution in [0.1, 0.15) is 29.8 Å². The van der Waals surface area contributed by atoms with Gasteiger partial charge in [-0.25, -0.2) is 5.84 Å². The fraction of sp³-hybridized carbons (Fsp3) is 0.235. The van der Waals surface area contributed by atoms with Gasteiger partial charge in [-0.15, -0.1) is 0 Å². The number of hydrogen-bond donors (Lipinski definition) is 1. The summed E-state index contributed by atoms with van der Waals surface area (Å²) in [6.07, 6.45) is 0.124. The van der Waals surface area contributed by atoms with E-state index in [0.717, 1.165) is 16.3 Å². The number of hydrogen-bond acceptors (Lipinski definition) is 3. The molecule has 2 rings (SSSR count). The summed E-state index contributed by atoms with van der Waals surface area (Å²) in [6.45, 7) is 4.24. The number of nitrogens with two attached hydrogens (primary N) is 1. The Hall–Kier alpha value is -2.04. The highest BCUT2D eigenvalue weighted by molar-refractivity contribution is 6.33. The number of halogens is 1. The average Bonchev–Trinajstić information content (AvgIpc) is 2.48. The maximum absolute atomic E-state index is 12.3. The molecule has 0 aliphatic rings. The Morgan fingerprint density at radius 2 is 1.82 bits per heavy atom. The van der Waals surface area contributed by atoms with E-state index in [9.17, 15) is 4.79 Å². The molecular formula is C17H19ClN2O2. The lowest BCUT2D eigenvalue weighted by molar-refractivity contribution is 0.0743. The molecule has 0 aromatic heterocycles. The summed E-state index contributed by atoms with van der Waals surface area (Å²) >= 11 is 6.02. The fourth-order valence-electron chi connectivity index (χ4n) is 2.00. The van der Waals surface area contributed by atoms with Crippen molar-refractivity contribution in [3.05, 3.63) is 64.7 Å². The zero-order valence-electron chi connectivity index (χ0n) is 12.6. The van der Waals surface area contributed by atoms with Gasteiger partial charge in [0.05, 0.1) is 23.2 Å². The van der Waals surface area contributed by atoms with Crippen LogP contribution in [0.2, 0.25) is 5.02 Å². The van der Waals surface area contributed by atoms with E-state index in [0.29, 0.717) is 17.1 Å². The molecule has 0 aliphatic carbocycles. The van der Waals surface area contributed by atoms with Crippen molar-refractivity contribution < 1.29 is 9.53 Å². The van der Waals surface area contributed by atoms with Gasteiger partial charge in [-0.1, -0.05) is 35.9 Å². The monoisotopic (exact) mass is 318 g/mol. The minimum atomic E-state index is -0.312. The molecule has 0 saturated carbocycles. The summed E-state index contributed by atoms with van der Waals surface area (Å²) in [7, 11) is 0. The fourth-order valence-corrected chi connectivity index (χ4v) is 2.22. The zero-order valence-corrected chi connectivity index (χ0v) is 13.4. The van der Waals surface area contributed by atoms with Crippen molar-refractivity contribution in [3.63, 3.8) is 0 Å². The first-order chi connectivity index (χ1) is 10.5. The van der Waals surface area contributed by atoms with Gasteiger partial charge in [-0.3, -0.25) is 9.80 Å². The van der Waals surface area contributed by atoms with Gasteiger partial charge in [0.25, 0.3) is 5.91 Å². The molecule has 0 aliphatic heterocycles. The molecular weight excluding hydrogens is 300 g/mol. The van der Waals surface area contributed by atoms with E-state index in [1.54, 1.807) is 24.3 Å². The van der Waals surface area contributed by atoms with Crippen molar-refractivity contribution in [2.24, 2.45) is 5.84 Å². The third kappa shape index (κ3) is 4.23. The van der Waals surface area contributed by atoms with Crippen LogP contribution >= 0.6 is 11.6 Å². The van der Waals surface area contributed by atoms with E-state index in [-0.39, 0.29) is 12.0 Å². The molecule has 5 heteroatoms. The van der Waals surface area contributed by atoms with Crippen molar-refractivity contribution in [2.75, 3.05) is 0 Å². The molecule has 0 unspecified atom stereocenters. The SMILES string of the molecule is CC(C)Oc1ccc(CN(N)C(=O)c2ccccc2Cl)cc1. The van der Waals surface area contributed by atoms with Gasteiger partial charge in [0.2, 0.25) is 0 Å². The molecule has 0 fully saturated rings. The van der Waals surface area contributed by atoms with E-state index in [1.807, 2.05) is 38.1 Å². The quantitative estimate of drug-likeness (QED) is 0.520.